The van der Waals surface area contributed by atoms with Gasteiger partial charge in [0.1, 0.15) is 9.86 Å². The van der Waals surface area contributed by atoms with Gasteiger partial charge in [-0.05, 0) is 68.8 Å². The quantitative estimate of drug-likeness (QED) is 0.540. The molecule has 0 bridgehead atoms. The van der Waals surface area contributed by atoms with Gasteiger partial charge in [0.25, 0.3) is 0 Å². The zero-order chi connectivity index (χ0) is 14.9. The highest BCUT2D eigenvalue weighted by Gasteiger charge is 2.29. The third-order valence-electron chi connectivity index (χ3n) is 3.70. The lowest BCUT2D eigenvalue weighted by molar-refractivity contribution is 0.299. The van der Waals surface area contributed by atoms with Crippen molar-refractivity contribution in [1.29, 1.82) is 0 Å². The maximum Gasteiger partial charge on any atom is 0.149 e. The number of nitrogens with zero attached hydrogens (tertiary/aromatic N) is 2. The molecule has 0 radical (unpaired) electrons. The minimum Gasteiger partial charge on any atom is -0.480 e. The molecule has 0 N–H and O–H groups in total. The highest BCUT2D eigenvalue weighted by molar-refractivity contribution is 14.1. The Labute approximate surface area is 136 Å². The Morgan fingerprint density at radius 3 is 2.25 bits per heavy atom. The van der Waals surface area contributed by atoms with Gasteiger partial charge in [0.05, 0.1) is 18.0 Å². The van der Waals surface area contributed by atoms with E-state index in [2.05, 4.69) is 85.2 Å². The minimum absolute atomic E-state index is 0.237. The summed E-state index contributed by atoms with van der Waals surface area (Å²) < 4.78 is 6.19. The fraction of sp³-hybridized carbons (Fsp3) is 0.625. The highest BCUT2D eigenvalue weighted by Crippen LogP contribution is 2.41. The average molecular weight is 388 g/mol. The second kappa shape index (κ2) is 6.41. The molecule has 1 aliphatic rings. The molecule has 112 valence electrons. The zero-order valence-electron chi connectivity index (χ0n) is 13.1. The molecule has 0 saturated carbocycles. The largest absolute Gasteiger partial charge is 0.480 e. The number of rotatable bonds is 5. The number of anilines is 2. The molecule has 1 atom stereocenters. The number of hydrogen-bond donors (Lipinski definition) is 0. The van der Waals surface area contributed by atoms with Crippen molar-refractivity contribution in [3.63, 3.8) is 0 Å². The molecular formula is C16H25IN2O. The van der Waals surface area contributed by atoms with Crippen molar-refractivity contribution in [2.75, 3.05) is 16.5 Å². The van der Waals surface area contributed by atoms with Gasteiger partial charge in [-0.25, -0.2) is 0 Å². The first kappa shape index (κ1) is 15.7. The third-order valence-corrected chi connectivity index (χ3v) is 4.84. The van der Waals surface area contributed by atoms with E-state index in [1.165, 1.54) is 11.4 Å². The van der Waals surface area contributed by atoms with E-state index in [0.29, 0.717) is 12.1 Å². The van der Waals surface area contributed by atoms with Crippen LogP contribution in [0.4, 0.5) is 11.4 Å². The van der Waals surface area contributed by atoms with Gasteiger partial charge < -0.3 is 14.5 Å². The fourth-order valence-electron chi connectivity index (χ4n) is 2.48. The van der Waals surface area contributed by atoms with Gasteiger partial charge >= 0.3 is 0 Å². The summed E-state index contributed by atoms with van der Waals surface area (Å²) in [7, 11) is 0. The molecule has 1 heterocycles. The van der Waals surface area contributed by atoms with Gasteiger partial charge in [-0.1, -0.05) is 6.92 Å². The number of benzene rings is 1. The number of alkyl halides is 1. The molecule has 0 aliphatic carbocycles. The summed E-state index contributed by atoms with van der Waals surface area (Å²) in [6.07, 6.45) is 1.02. The summed E-state index contributed by atoms with van der Waals surface area (Å²) in [5.41, 5.74) is 2.62. The fourth-order valence-corrected chi connectivity index (χ4v) is 2.77. The SMILES string of the molecule is CCC(I)Oc1ccc2c(c1)N(C(C)C)CN2C(C)C. The third kappa shape index (κ3) is 3.15. The van der Waals surface area contributed by atoms with Crippen molar-refractivity contribution >= 4 is 34.0 Å². The lowest BCUT2D eigenvalue weighted by atomic mass is 10.2. The van der Waals surface area contributed by atoms with E-state index in [1.54, 1.807) is 0 Å². The number of hydrogen-bond acceptors (Lipinski definition) is 3. The molecule has 1 aliphatic heterocycles. The van der Waals surface area contributed by atoms with Crippen LogP contribution in [0.1, 0.15) is 41.0 Å². The van der Waals surface area contributed by atoms with E-state index in [4.69, 9.17) is 4.74 Å². The lowest BCUT2D eigenvalue weighted by Crippen LogP contribution is -2.38. The van der Waals surface area contributed by atoms with Crippen molar-refractivity contribution in [3.05, 3.63) is 18.2 Å². The lowest BCUT2D eigenvalue weighted by Gasteiger charge is -2.27. The van der Waals surface area contributed by atoms with Gasteiger partial charge in [-0.15, -0.1) is 0 Å². The van der Waals surface area contributed by atoms with Crippen LogP contribution in [0.25, 0.3) is 0 Å². The van der Waals surface area contributed by atoms with Gasteiger partial charge in [0.2, 0.25) is 0 Å². The van der Waals surface area contributed by atoms with Crippen molar-refractivity contribution in [2.45, 2.75) is 57.2 Å². The van der Waals surface area contributed by atoms with Crippen LogP contribution in [0.15, 0.2) is 18.2 Å². The predicted molar refractivity (Wildman–Crippen MR) is 95.3 cm³/mol. The topological polar surface area (TPSA) is 15.7 Å². The smallest absolute Gasteiger partial charge is 0.149 e. The van der Waals surface area contributed by atoms with Gasteiger partial charge in [0.15, 0.2) is 0 Å². The van der Waals surface area contributed by atoms with E-state index in [0.717, 1.165) is 18.8 Å². The van der Waals surface area contributed by atoms with Crippen molar-refractivity contribution in [2.24, 2.45) is 0 Å². The van der Waals surface area contributed by atoms with Crippen LogP contribution < -0.4 is 14.5 Å². The maximum atomic E-state index is 5.95. The monoisotopic (exact) mass is 388 g/mol. The molecule has 20 heavy (non-hydrogen) atoms. The highest BCUT2D eigenvalue weighted by atomic mass is 127. The second-order valence-electron chi connectivity index (χ2n) is 5.86. The summed E-state index contributed by atoms with van der Waals surface area (Å²) in [5.74, 6) is 0.973. The Kier molecular flexibility index (Phi) is 5.04. The Bertz CT molecular complexity index is 462. The molecule has 0 amide bonds. The number of ether oxygens (including phenoxy) is 1. The van der Waals surface area contributed by atoms with E-state index < -0.39 is 0 Å². The van der Waals surface area contributed by atoms with Crippen molar-refractivity contribution < 1.29 is 4.74 Å². The maximum absolute atomic E-state index is 5.95. The van der Waals surface area contributed by atoms with Crippen LogP contribution in [0, 0.1) is 0 Å². The first-order valence-electron chi connectivity index (χ1n) is 7.42. The molecular weight excluding hydrogens is 363 g/mol. The Hall–Kier alpha value is -0.650. The molecule has 0 aromatic heterocycles. The summed E-state index contributed by atoms with van der Waals surface area (Å²) in [4.78, 5) is 4.89. The normalized spacial score (nSPS) is 16.0. The second-order valence-corrected chi connectivity index (χ2v) is 7.24. The van der Waals surface area contributed by atoms with E-state index in [-0.39, 0.29) is 4.11 Å². The van der Waals surface area contributed by atoms with E-state index >= 15 is 0 Å². The van der Waals surface area contributed by atoms with E-state index in [1.807, 2.05) is 0 Å². The van der Waals surface area contributed by atoms with Crippen LogP contribution in [0.3, 0.4) is 0 Å². The van der Waals surface area contributed by atoms with Crippen LogP contribution in [-0.2, 0) is 0 Å². The zero-order valence-corrected chi connectivity index (χ0v) is 15.2. The van der Waals surface area contributed by atoms with Crippen LogP contribution in [0.2, 0.25) is 0 Å². The summed E-state index contributed by atoms with van der Waals surface area (Å²) in [5, 5.41) is 0. The van der Waals surface area contributed by atoms with Gasteiger partial charge in [-0.3, -0.25) is 0 Å². The number of fused-ring (bicyclic) bond motifs is 1. The first-order chi connectivity index (χ1) is 9.43. The molecule has 3 nitrogen and oxygen atoms in total. The van der Waals surface area contributed by atoms with Crippen molar-refractivity contribution in [3.8, 4) is 5.75 Å². The summed E-state index contributed by atoms with van der Waals surface area (Å²) >= 11 is 2.34. The summed E-state index contributed by atoms with van der Waals surface area (Å²) in [6.45, 7) is 12.1. The Morgan fingerprint density at radius 1 is 1.10 bits per heavy atom. The Balaban J connectivity index is 2.32. The van der Waals surface area contributed by atoms with Crippen molar-refractivity contribution in [1.82, 2.24) is 0 Å². The molecule has 1 aromatic rings. The van der Waals surface area contributed by atoms with Gasteiger partial charge in [-0.2, -0.15) is 0 Å². The molecule has 0 fully saturated rings. The average Bonchev–Trinajstić information content (AvgIpc) is 2.77. The molecule has 0 spiro atoms. The van der Waals surface area contributed by atoms with Crippen LogP contribution >= 0.6 is 22.6 Å². The first-order valence-corrected chi connectivity index (χ1v) is 8.66. The molecule has 1 aromatic carbocycles. The standard InChI is InChI=1S/C16H25IN2O/c1-6-16(17)20-13-7-8-14-15(9-13)19(12(4)5)10-18(14)11(2)3/h7-9,11-12,16H,6,10H2,1-5H3. The number of halogens is 1. The minimum atomic E-state index is 0.237. The Morgan fingerprint density at radius 2 is 1.70 bits per heavy atom. The molecule has 1 unspecified atom stereocenters. The molecule has 2 rings (SSSR count). The van der Waals surface area contributed by atoms with E-state index in [9.17, 15) is 0 Å². The summed E-state index contributed by atoms with van der Waals surface area (Å²) in [6, 6.07) is 7.50. The molecule has 4 heteroatoms. The molecule has 0 saturated heterocycles. The van der Waals surface area contributed by atoms with Crippen LogP contribution in [-0.4, -0.2) is 22.9 Å². The van der Waals surface area contributed by atoms with Crippen LogP contribution in [0.5, 0.6) is 5.75 Å². The predicted octanol–water partition coefficient (Wildman–Crippen LogP) is 4.64. The van der Waals surface area contributed by atoms with Gasteiger partial charge in [0, 0.05) is 18.2 Å².